The monoisotopic (exact) mass is 212 g/mol. The summed E-state index contributed by atoms with van der Waals surface area (Å²) in [6.45, 7) is 4.11. The van der Waals surface area contributed by atoms with Gasteiger partial charge in [-0.2, -0.15) is 0 Å². The summed E-state index contributed by atoms with van der Waals surface area (Å²) >= 11 is 0. The molecule has 0 unspecified atom stereocenters. The highest BCUT2D eigenvalue weighted by Crippen LogP contribution is 2.18. The minimum Gasteiger partial charge on any atom is -0.294 e. The molecule has 2 rings (SSSR count). The summed E-state index contributed by atoms with van der Waals surface area (Å²) < 4.78 is 0. The molecule has 2 aromatic rings. The molecule has 0 atom stereocenters. The number of fused-ring (bicyclic) bond motifs is 1. The van der Waals surface area contributed by atoms with Crippen molar-refractivity contribution in [2.45, 2.75) is 26.7 Å². The molecule has 0 aliphatic carbocycles. The van der Waals surface area contributed by atoms with Crippen LogP contribution < -0.4 is 0 Å². The Labute approximate surface area is 96.1 Å². The van der Waals surface area contributed by atoms with E-state index in [1.807, 2.05) is 25.1 Å². The largest absolute Gasteiger partial charge is 0.294 e. The van der Waals surface area contributed by atoms with Gasteiger partial charge in [0.2, 0.25) is 0 Å². The number of Topliss-reactive ketones (excluding diaryl/α,β-unsaturated/α-hetero) is 1. The zero-order valence-corrected chi connectivity index (χ0v) is 9.79. The van der Waals surface area contributed by atoms with Gasteiger partial charge in [0.15, 0.2) is 5.78 Å². The van der Waals surface area contributed by atoms with Crippen LogP contribution in [0.5, 0.6) is 0 Å². The van der Waals surface area contributed by atoms with E-state index in [1.54, 1.807) is 0 Å². The summed E-state index contributed by atoms with van der Waals surface area (Å²) in [7, 11) is 0. The highest BCUT2D eigenvalue weighted by Gasteiger charge is 2.05. The van der Waals surface area contributed by atoms with Crippen LogP contribution in [0, 0.1) is 6.92 Å². The lowest BCUT2D eigenvalue weighted by molar-refractivity contribution is 0.0982. The first kappa shape index (κ1) is 10.9. The van der Waals surface area contributed by atoms with Crippen LogP contribution in [0.1, 0.15) is 35.7 Å². The molecule has 0 amide bonds. The Kier molecular flexibility index (Phi) is 3.04. The molecule has 1 heteroatoms. The van der Waals surface area contributed by atoms with Gasteiger partial charge in [-0.25, -0.2) is 0 Å². The van der Waals surface area contributed by atoms with Crippen molar-refractivity contribution < 1.29 is 4.79 Å². The van der Waals surface area contributed by atoms with E-state index in [1.165, 1.54) is 10.9 Å². The van der Waals surface area contributed by atoms with Gasteiger partial charge in [-0.05, 0) is 30.2 Å². The predicted octanol–water partition coefficient (Wildman–Crippen LogP) is 4.13. The molecule has 0 bridgehead atoms. The van der Waals surface area contributed by atoms with Crippen molar-refractivity contribution in [2.75, 3.05) is 0 Å². The van der Waals surface area contributed by atoms with Crippen LogP contribution in [0.2, 0.25) is 0 Å². The van der Waals surface area contributed by atoms with Gasteiger partial charge in [-0.1, -0.05) is 42.8 Å². The van der Waals surface area contributed by atoms with Gasteiger partial charge in [-0.15, -0.1) is 0 Å². The molecule has 0 heterocycles. The Morgan fingerprint density at radius 3 is 2.50 bits per heavy atom. The lowest BCUT2D eigenvalue weighted by Crippen LogP contribution is -1.97. The summed E-state index contributed by atoms with van der Waals surface area (Å²) in [5.41, 5.74) is 2.08. The molecule has 0 radical (unpaired) electrons. The molecule has 1 nitrogen and oxygen atoms in total. The summed E-state index contributed by atoms with van der Waals surface area (Å²) in [5.74, 6) is 0.241. The van der Waals surface area contributed by atoms with Crippen LogP contribution in [-0.4, -0.2) is 5.78 Å². The molecule has 0 aliphatic heterocycles. The quantitative estimate of drug-likeness (QED) is 0.699. The fourth-order valence-electron chi connectivity index (χ4n) is 1.91. The minimum absolute atomic E-state index is 0.241. The molecular formula is C15H16O. The van der Waals surface area contributed by atoms with Crippen molar-refractivity contribution in [3.63, 3.8) is 0 Å². The van der Waals surface area contributed by atoms with E-state index in [0.717, 1.165) is 17.4 Å². The molecule has 0 aromatic heterocycles. The van der Waals surface area contributed by atoms with Crippen LogP contribution in [-0.2, 0) is 0 Å². The smallest absolute Gasteiger partial charge is 0.162 e. The molecule has 16 heavy (non-hydrogen) atoms. The SMILES string of the molecule is CCCC(=O)c1ccc2cc(C)ccc2c1. The number of aryl methyl sites for hydroxylation is 1. The van der Waals surface area contributed by atoms with Crippen molar-refractivity contribution in [1.82, 2.24) is 0 Å². The van der Waals surface area contributed by atoms with Gasteiger partial charge in [0.25, 0.3) is 0 Å². The highest BCUT2D eigenvalue weighted by molar-refractivity contribution is 5.99. The lowest BCUT2D eigenvalue weighted by Gasteiger charge is -2.03. The van der Waals surface area contributed by atoms with Crippen molar-refractivity contribution in [3.8, 4) is 0 Å². The minimum atomic E-state index is 0.241. The fraction of sp³-hybridized carbons (Fsp3) is 0.267. The van der Waals surface area contributed by atoms with E-state index in [4.69, 9.17) is 0 Å². The molecule has 0 aliphatic rings. The second-order valence-electron chi connectivity index (χ2n) is 4.24. The number of carbonyl (C=O) groups excluding carboxylic acids is 1. The summed E-state index contributed by atoms with van der Waals surface area (Å²) in [4.78, 5) is 11.8. The van der Waals surface area contributed by atoms with Gasteiger partial charge in [0.05, 0.1) is 0 Å². The molecule has 0 saturated carbocycles. The first-order chi connectivity index (χ1) is 7.70. The third-order valence-corrected chi connectivity index (χ3v) is 2.79. The van der Waals surface area contributed by atoms with Crippen molar-refractivity contribution in [1.29, 1.82) is 0 Å². The van der Waals surface area contributed by atoms with Gasteiger partial charge in [0.1, 0.15) is 0 Å². The second kappa shape index (κ2) is 4.48. The maximum absolute atomic E-state index is 11.8. The summed E-state index contributed by atoms with van der Waals surface area (Å²) in [5, 5.41) is 2.35. The second-order valence-corrected chi connectivity index (χ2v) is 4.24. The summed E-state index contributed by atoms with van der Waals surface area (Å²) in [6, 6.07) is 12.3. The average molecular weight is 212 g/mol. The summed E-state index contributed by atoms with van der Waals surface area (Å²) in [6.07, 6.45) is 1.54. The first-order valence-electron chi connectivity index (χ1n) is 5.74. The standard InChI is InChI=1S/C15H16O/c1-3-4-15(16)14-8-7-12-9-11(2)5-6-13(12)10-14/h5-10H,3-4H2,1-2H3. The van der Waals surface area contributed by atoms with E-state index in [2.05, 4.69) is 25.1 Å². The van der Waals surface area contributed by atoms with Crippen molar-refractivity contribution in [2.24, 2.45) is 0 Å². The van der Waals surface area contributed by atoms with Crippen molar-refractivity contribution in [3.05, 3.63) is 47.5 Å². The van der Waals surface area contributed by atoms with Crippen molar-refractivity contribution >= 4 is 16.6 Å². The number of rotatable bonds is 3. The van der Waals surface area contributed by atoms with E-state index in [-0.39, 0.29) is 5.78 Å². The zero-order valence-electron chi connectivity index (χ0n) is 9.79. The lowest BCUT2D eigenvalue weighted by atomic mass is 10.0. The number of hydrogen-bond donors (Lipinski definition) is 0. The fourth-order valence-corrected chi connectivity index (χ4v) is 1.91. The third kappa shape index (κ3) is 2.13. The van der Waals surface area contributed by atoms with Crippen LogP contribution >= 0.6 is 0 Å². The Morgan fingerprint density at radius 1 is 1.06 bits per heavy atom. The van der Waals surface area contributed by atoms with E-state index < -0.39 is 0 Å². The zero-order chi connectivity index (χ0) is 11.5. The molecule has 82 valence electrons. The Hall–Kier alpha value is -1.63. The highest BCUT2D eigenvalue weighted by atomic mass is 16.1. The van der Waals surface area contributed by atoms with Gasteiger partial charge in [-0.3, -0.25) is 4.79 Å². The van der Waals surface area contributed by atoms with E-state index in [9.17, 15) is 4.79 Å². The van der Waals surface area contributed by atoms with Crippen LogP contribution in [0.25, 0.3) is 10.8 Å². The van der Waals surface area contributed by atoms with Crippen LogP contribution in [0.15, 0.2) is 36.4 Å². The molecule has 0 N–H and O–H groups in total. The Morgan fingerprint density at radius 2 is 1.75 bits per heavy atom. The molecule has 2 aromatic carbocycles. The van der Waals surface area contributed by atoms with Gasteiger partial charge >= 0.3 is 0 Å². The molecule has 0 saturated heterocycles. The maximum Gasteiger partial charge on any atom is 0.162 e. The number of benzene rings is 2. The van der Waals surface area contributed by atoms with Gasteiger partial charge in [0, 0.05) is 12.0 Å². The maximum atomic E-state index is 11.8. The van der Waals surface area contributed by atoms with Crippen LogP contribution in [0.3, 0.4) is 0 Å². The number of hydrogen-bond acceptors (Lipinski definition) is 1. The normalized spacial score (nSPS) is 10.6. The average Bonchev–Trinajstić information content (AvgIpc) is 2.28. The topological polar surface area (TPSA) is 17.1 Å². The Bertz CT molecular complexity index is 526. The molecule has 0 fully saturated rings. The Balaban J connectivity index is 2.44. The van der Waals surface area contributed by atoms with Gasteiger partial charge < -0.3 is 0 Å². The molecular weight excluding hydrogens is 196 g/mol. The number of carbonyl (C=O) groups is 1. The molecule has 0 spiro atoms. The first-order valence-corrected chi connectivity index (χ1v) is 5.74. The predicted molar refractivity (Wildman–Crippen MR) is 67.9 cm³/mol. The van der Waals surface area contributed by atoms with E-state index >= 15 is 0 Å². The van der Waals surface area contributed by atoms with E-state index in [0.29, 0.717) is 6.42 Å². The van der Waals surface area contributed by atoms with Crippen LogP contribution in [0.4, 0.5) is 0 Å². The third-order valence-electron chi connectivity index (χ3n) is 2.79. The number of ketones is 1.